The highest BCUT2D eigenvalue weighted by molar-refractivity contribution is 5.21. The number of nitrogens with zero attached hydrogens (tertiary/aromatic N) is 2. The number of halogens is 1. The van der Waals surface area contributed by atoms with Gasteiger partial charge in [-0.15, -0.1) is 0 Å². The topological polar surface area (TPSA) is 46.9 Å². The van der Waals surface area contributed by atoms with Crippen LogP contribution in [0.2, 0.25) is 0 Å². The van der Waals surface area contributed by atoms with Gasteiger partial charge in [-0.3, -0.25) is 4.57 Å². The van der Waals surface area contributed by atoms with E-state index in [-0.39, 0.29) is 17.5 Å². The lowest BCUT2D eigenvalue weighted by molar-refractivity contribution is 0.434. The third-order valence-electron chi connectivity index (χ3n) is 3.28. The van der Waals surface area contributed by atoms with Crippen molar-refractivity contribution >= 4 is 0 Å². The first-order valence-electron chi connectivity index (χ1n) is 7.12. The van der Waals surface area contributed by atoms with Gasteiger partial charge in [-0.05, 0) is 31.5 Å². The Kier molecular flexibility index (Phi) is 5.22. The maximum Gasteiger partial charge on any atom is 0.347 e. The van der Waals surface area contributed by atoms with E-state index in [0.29, 0.717) is 12.1 Å². The fourth-order valence-electron chi connectivity index (χ4n) is 2.24. The van der Waals surface area contributed by atoms with Crippen molar-refractivity contribution in [3.8, 4) is 0 Å². The molecule has 1 aromatic heterocycles. The first kappa shape index (κ1) is 15.4. The largest absolute Gasteiger partial charge is 0.347 e. The molecule has 2 aromatic rings. The molecule has 0 saturated carbocycles. The van der Waals surface area contributed by atoms with Crippen LogP contribution in [0.3, 0.4) is 0 Å². The molecule has 0 fully saturated rings. The van der Waals surface area contributed by atoms with Crippen LogP contribution in [-0.4, -0.2) is 16.1 Å². The maximum absolute atomic E-state index is 14.0. The molecule has 0 aliphatic heterocycles. The van der Waals surface area contributed by atoms with Crippen LogP contribution in [-0.2, 0) is 6.54 Å². The SMILES string of the molecule is CCCNC(Cn1cc(C)cnc1=O)c1ccccc1F. The second kappa shape index (κ2) is 7.13. The fourth-order valence-corrected chi connectivity index (χ4v) is 2.24. The lowest BCUT2D eigenvalue weighted by Crippen LogP contribution is -2.32. The summed E-state index contributed by atoms with van der Waals surface area (Å²) in [6.45, 7) is 5.04. The highest BCUT2D eigenvalue weighted by Crippen LogP contribution is 2.18. The van der Waals surface area contributed by atoms with E-state index < -0.39 is 0 Å². The minimum absolute atomic E-state index is 0.257. The minimum Gasteiger partial charge on any atom is -0.308 e. The van der Waals surface area contributed by atoms with Crippen molar-refractivity contribution in [1.82, 2.24) is 14.9 Å². The van der Waals surface area contributed by atoms with E-state index in [1.165, 1.54) is 16.8 Å². The van der Waals surface area contributed by atoms with Crippen LogP contribution in [0.25, 0.3) is 0 Å². The van der Waals surface area contributed by atoms with Gasteiger partial charge in [0.25, 0.3) is 0 Å². The number of aromatic nitrogens is 2. The third-order valence-corrected chi connectivity index (χ3v) is 3.28. The third kappa shape index (κ3) is 3.98. The van der Waals surface area contributed by atoms with E-state index in [0.717, 1.165) is 18.5 Å². The summed E-state index contributed by atoms with van der Waals surface area (Å²) in [5, 5.41) is 3.29. The molecule has 0 amide bonds. The average molecular weight is 289 g/mol. The summed E-state index contributed by atoms with van der Waals surface area (Å²) in [7, 11) is 0. The minimum atomic E-state index is -0.319. The van der Waals surface area contributed by atoms with Crippen LogP contribution in [0.1, 0.15) is 30.5 Å². The van der Waals surface area contributed by atoms with E-state index in [2.05, 4.69) is 10.3 Å². The van der Waals surface area contributed by atoms with Crippen molar-refractivity contribution in [3.63, 3.8) is 0 Å². The number of hydrogen-bond acceptors (Lipinski definition) is 3. The van der Waals surface area contributed by atoms with Crippen molar-refractivity contribution < 1.29 is 4.39 Å². The molecular formula is C16H20FN3O. The standard InChI is InChI=1S/C16H20FN3O/c1-3-8-18-15(13-6-4-5-7-14(13)17)11-20-10-12(2)9-19-16(20)21/h4-7,9-10,15,18H,3,8,11H2,1-2H3. The van der Waals surface area contributed by atoms with E-state index in [9.17, 15) is 9.18 Å². The molecular weight excluding hydrogens is 269 g/mol. The smallest absolute Gasteiger partial charge is 0.308 e. The zero-order valence-electron chi connectivity index (χ0n) is 12.3. The second-order valence-corrected chi connectivity index (χ2v) is 5.09. The summed E-state index contributed by atoms with van der Waals surface area (Å²) in [5.74, 6) is -0.264. The molecule has 1 N–H and O–H groups in total. The van der Waals surface area contributed by atoms with Crippen LogP contribution in [0.5, 0.6) is 0 Å². The van der Waals surface area contributed by atoms with Crippen molar-refractivity contribution in [2.75, 3.05) is 6.54 Å². The first-order chi connectivity index (χ1) is 10.1. The van der Waals surface area contributed by atoms with Crippen LogP contribution >= 0.6 is 0 Å². The molecule has 0 aliphatic rings. The Hall–Kier alpha value is -2.01. The maximum atomic E-state index is 14.0. The molecule has 112 valence electrons. The van der Waals surface area contributed by atoms with Gasteiger partial charge in [-0.2, -0.15) is 0 Å². The molecule has 2 rings (SSSR count). The summed E-state index contributed by atoms with van der Waals surface area (Å²) in [6, 6.07) is 6.39. The molecule has 5 heteroatoms. The zero-order chi connectivity index (χ0) is 15.2. The molecule has 0 aliphatic carbocycles. The Morgan fingerprint density at radius 3 is 2.86 bits per heavy atom. The Morgan fingerprint density at radius 1 is 1.38 bits per heavy atom. The Morgan fingerprint density at radius 2 is 2.14 bits per heavy atom. The lowest BCUT2D eigenvalue weighted by Gasteiger charge is -2.20. The second-order valence-electron chi connectivity index (χ2n) is 5.09. The van der Waals surface area contributed by atoms with E-state index in [1.54, 1.807) is 24.4 Å². The molecule has 21 heavy (non-hydrogen) atoms. The molecule has 0 spiro atoms. The number of benzene rings is 1. The molecule has 4 nitrogen and oxygen atoms in total. The summed E-state index contributed by atoms with van der Waals surface area (Å²) < 4.78 is 15.5. The van der Waals surface area contributed by atoms with Gasteiger partial charge < -0.3 is 5.32 Å². The van der Waals surface area contributed by atoms with Gasteiger partial charge in [0.15, 0.2) is 0 Å². The van der Waals surface area contributed by atoms with Crippen LogP contribution in [0.4, 0.5) is 4.39 Å². The predicted octanol–water partition coefficient (Wildman–Crippen LogP) is 2.43. The van der Waals surface area contributed by atoms with Crippen LogP contribution < -0.4 is 11.0 Å². The zero-order valence-corrected chi connectivity index (χ0v) is 12.3. The molecule has 1 aromatic carbocycles. The van der Waals surface area contributed by atoms with E-state index >= 15 is 0 Å². The molecule has 0 bridgehead atoms. The van der Waals surface area contributed by atoms with Gasteiger partial charge in [-0.25, -0.2) is 14.2 Å². The molecule has 1 atom stereocenters. The number of aryl methyl sites for hydroxylation is 1. The highest BCUT2D eigenvalue weighted by Gasteiger charge is 2.16. The normalized spacial score (nSPS) is 12.3. The summed E-state index contributed by atoms with van der Waals surface area (Å²) >= 11 is 0. The van der Waals surface area contributed by atoms with Crippen LogP contribution in [0, 0.1) is 12.7 Å². The number of nitrogens with one attached hydrogen (secondary N) is 1. The van der Waals surface area contributed by atoms with Gasteiger partial charge in [-0.1, -0.05) is 25.1 Å². The quantitative estimate of drug-likeness (QED) is 0.888. The van der Waals surface area contributed by atoms with E-state index in [1.807, 2.05) is 13.8 Å². The summed E-state index contributed by atoms with van der Waals surface area (Å²) in [4.78, 5) is 15.6. The molecule has 1 unspecified atom stereocenters. The monoisotopic (exact) mass is 289 g/mol. The lowest BCUT2D eigenvalue weighted by atomic mass is 10.1. The van der Waals surface area contributed by atoms with E-state index in [4.69, 9.17) is 0 Å². The fraction of sp³-hybridized carbons (Fsp3) is 0.375. The van der Waals surface area contributed by atoms with Crippen molar-refractivity contribution in [1.29, 1.82) is 0 Å². The van der Waals surface area contributed by atoms with Gasteiger partial charge in [0, 0.05) is 24.5 Å². The Labute approximate surface area is 123 Å². The Bertz CT molecular complexity index is 654. The van der Waals surface area contributed by atoms with Gasteiger partial charge in [0.05, 0.1) is 6.04 Å². The van der Waals surface area contributed by atoms with Crippen molar-refractivity contribution in [2.24, 2.45) is 0 Å². The number of hydrogen-bond donors (Lipinski definition) is 1. The van der Waals surface area contributed by atoms with Crippen molar-refractivity contribution in [2.45, 2.75) is 32.9 Å². The number of rotatable bonds is 6. The Balaban J connectivity index is 2.30. The molecule has 1 heterocycles. The average Bonchev–Trinajstić information content (AvgIpc) is 2.48. The van der Waals surface area contributed by atoms with Gasteiger partial charge in [0.2, 0.25) is 0 Å². The predicted molar refractivity (Wildman–Crippen MR) is 80.7 cm³/mol. The highest BCUT2D eigenvalue weighted by atomic mass is 19.1. The van der Waals surface area contributed by atoms with Gasteiger partial charge in [0.1, 0.15) is 5.82 Å². The molecule has 0 saturated heterocycles. The van der Waals surface area contributed by atoms with Crippen LogP contribution in [0.15, 0.2) is 41.5 Å². The van der Waals surface area contributed by atoms with Gasteiger partial charge >= 0.3 is 5.69 Å². The summed E-state index contributed by atoms with van der Waals surface area (Å²) in [5.41, 5.74) is 1.15. The van der Waals surface area contributed by atoms with Crippen molar-refractivity contribution in [3.05, 3.63) is 64.1 Å². The molecule has 0 radical (unpaired) electrons. The summed E-state index contributed by atoms with van der Waals surface area (Å²) in [6.07, 6.45) is 4.22. The first-order valence-corrected chi connectivity index (χ1v) is 7.12.